The van der Waals surface area contributed by atoms with Crippen LogP contribution in [0.2, 0.25) is 0 Å². The number of hydrogen-bond donors (Lipinski definition) is 1. The van der Waals surface area contributed by atoms with Gasteiger partial charge in [0.2, 0.25) is 10.3 Å². The SMILES string of the molecule is O=S(=O)=C1CN=NN1. The van der Waals surface area contributed by atoms with Gasteiger partial charge in [0.15, 0.2) is 4.99 Å². The van der Waals surface area contributed by atoms with E-state index in [1.54, 1.807) is 0 Å². The third-order valence-electron chi connectivity index (χ3n) is 0.661. The van der Waals surface area contributed by atoms with Crippen LogP contribution in [0.25, 0.3) is 0 Å². The summed E-state index contributed by atoms with van der Waals surface area (Å²) in [5.41, 5.74) is 2.22. The summed E-state index contributed by atoms with van der Waals surface area (Å²) in [7, 11) is -2.17. The Morgan fingerprint density at radius 3 is 2.62 bits per heavy atom. The molecule has 0 fully saturated rings. The molecule has 1 aliphatic heterocycles. The van der Waals surface area contributed by atoms with Gasteiger partial charge >= 0.3 is 0 Å². The standard InChI is InChI=1S/C2H3N3O2S/c6-8(7)2-1-3-5-4-2/h1H2,(H,3,4). The first-order valence-electron chi connectivity index (χ1n) is 1.88. The lowest BCUT2D eigenvalue weighted by molar-refractivity contribution is 0.626. The van der Waals surface area contributed by atoms with Crippen LogP contribution >= 0.6 is 0 Å². The number of nitrogens with zero attached hydrogens (tertiary/aromatic N) is 2. The van der Waals surface area contributed by atoms with E-state index in [9.17, 15) is 8.42 Å². The molecule has 0 aromatic carbocycles. The third kappa shape index (κ3) is 0.836. The molecule has 0 aliphatic carbocycles. The Balaban J connectivity index is 2.96. The van der Waals surface area contributed by atoms with E-state index in [0.717, 1.165) is 0 Å². The Kier molecular flexibility index (Phi) is 1.25. The fourth-order valence-corrected chi connectivity index (χ4v) is 0.595. The first kappa shape index (κ1) is 5.23. The lowest BCUT2D eigenvalue weighted by atomic mass is 10.7. The molecular formula is C2H3N3O2S. The van der Waals surface area contributed by atoms with Crippen LogP contribution in [-0.2, 0) is 10.3 Å². The summed E-state index contributed by atoms with van der Waals surface area (Å²) < 4.78 is 20.0. The highest BCUT2D eigenvalue weighted by Gasteiger charge is 2.02. The topological polar surface area (TPSA) is 70.9 Å². The molecule has 1 heterocycles. The van der Waals surface area contributed by atoms with Gasteiger partial charge in [-0.3, -0.25) is 0 Å². The van der Waals surface area contributed by atoms with E-state index >= 15 is 0 Å². The number of rotatable bonds is 0. The summed E-state index contributed by atoms with van der Waals surface area (Å²) >= 11 is 0. The third-order valence-corrected chi connectivity index (χ3v) is 1.28. The molecule has 8 heavy (non-hydrogen) atoms. The Morgan fingerprint density at radius 1 is 1.62 bits per heavy atom. The number of hydrogen-bond acceptors (Lipinski definition) is 4. The van der Waals surface area contributed by atoms with Crippen molar-refractivity contribution in [3.63, 3.8) is 0 Å². The molecule has 44 valence electrons. The second-order valence-electron chi connectivity index (χ2n) is 1.17. The zero-order valence-corrected chi connectivity index (χ0v) is 4.64. The van der Waals surface area contributed by atoms with Crippen LogP contribution in [0, 0.1) is 0 Å². The molecule has 0 unspecified atom stereocenters. The fraction of sp³-hybridized carbons (Fsp3) is 0.500. The van der Waals surface area contributed by atoms with E-state index in [1.807, 2.05) is 0 Å². The van der Waals surface area contributed by atoms with Gasteiger partial charge in [0.05, 0.1) is 0 Å². The summed E-state index contributed by atoms with van der Waals surface area (Å²) in [4.78, 5) is 0.130. The quantitative estimate of drug-likeness (QED) is 0.429. The summed E-state index contributed by atoms with van der Waals surface area (Å²) in [6, 6.07) is 0. The van der Waals surface area contributed by atoms with Gasteiger partial charge in [0.25, 0.3) is 0 Å². The van der Waals surface area contributed by atoms with Crippen molar-refractivity contribution in [1.29, 1.82) is 0 Å². The molecule has 0 aromatic heterocycles. The van der Waals surface area contributed by atoms with E-state index in [4.69, 9.17) is 0 Å². The van der Waals surface area contributed by atoms with Gasteiger partial charge in [0, 0.05) is 0 Å². The molecule has 1 aliphatic rings. The van der Waals surface area contributed by atoms with Crippen LogP contribution in [0.3, 0.4) is 0 Å². The lowest BCUT2D eigenvalue weighted by Crippen LogP contribution is -2.14. The first-order chi connectivity index (χ1) is 3.80. The molecule has 0 saturated heterocycles. The maximum atomic E-state index is 9.98. The molecule has 0 radical (unpaired) electrons. The minimum Gasteiger partial charge on any atom is -0.247 e. The zero-order chi connectivity index (χ0) is 5.98. The predicted molar refractivity (Wildman–Crippen MR) is 26.8 cm³/mol. The molecule has 6 heteroatoms. The zero-order valence-electron chi connectivity index (χ0n) is 3.83. The van der Waals surface area contributed by atoms with Crippen molar-refractivity contribution in [2.45, 2.75) is 0 Å². The van der Waals surface area contributed by atoms with E-state index in [1.165, 1.54) is 0 Å². The van der Waals surface area contributed by atoms with Crippen molar-refractivity contribution in [2.24, 2.45) is 10.3 Å². The highest BCUT2D eigenvalue weighted by molar-refractivity contribution is 7.72. The second kappa shape index (κ2) is 1.91. The average molecular weight is 133 g/mol. The van der Waals surface area contributed by atoms with E-state index in [2.05, 4.69) is 15.8 Å². The molecule has 0 saturated carbocycles. The Labute approximate surface area is 46.9 Å². The van der Waals surface area contributed by atoms with Crippen LogP contribution < -0.4 is 5.43 Å². The molecule has 0 bridgehead atoms. The summed E-state index contributed by atoms with van der Waals surface area (Å²) in [6.07, 6.45) is 0. The monoisotopic (exact) mass is 133 g/mol. The van der Waals surface area contributed by atoms with E-state index in [-0.39, 0.29) is 11.5 Å². The minimum absolute atomic E-state index is 0.130. The van der Waals surface area contributed by atoms with Crippen LogP contribution in [0.15, 0.2) is 10.3 Å². The van der Waals surface area contributed by atoms with Gasteiger partial charge in [-0.2, -0.15) is 13.5 Å². The normalized spacial score (nSPS) is 16.2. The highest BCUT2D eigenvalue weighted by atomic mass is 32.2. The Bertz CT molecular complexity index is 220. The maximum Gasteiger partial charge on any atom is 0.237 e. The van der Waals surface area contributed by atoms with E-state index in [0.29, 0.717) is 0 Å². The van der Waals surface area contributed by atoms with E-state index < -0.39 is 10.3 Å². The van der Waals surface area contributed by atoms with Crippen molar-refractivity contribution in [3.8, 4) is 0 Å². The maximum absolute atomic E-state index is 9.98. The minimum atomic E-state index is -2.17. The van der Waals surface area contributed by atoms with Crippen molar-refractivity contribution >= 4 is 15.3 Å². The predicted octanol–water partition coefficient (Wildman–Crippen LogP) is -1.03. The lowest BCUT2D eigenvalue weighted by Gasteiger charge is -1.78. The van der Waals surface area contributed by atoms with Crippen molar-refractivity contribution in [3.05, 3.63) is 0 Å². The van der Waals surface area contributed by atoms with Gasteiger partial charge in [-0.05, 0) is 0 Å². The van der Waals surface area contributed by atoms with Gasteiger partial charge in [-0.25, -0.2) is 5.43 Å². The second-order valence-corrected chi connectivity index (χ2v) is 2.13. The van der Waals surface area contributed by atoms with Crippen molar-refractivity contribution in [2.75, 3.05) is 6.54 Å². The molecule has 0 aromatic rings. The number of nitrogens with one attached hydrogen (secondary N) is 1. The average Bonchev–Trinajstić information content (AvgIpc) is 2.12. The summed E-state index contributed by atoms with van der Waals surface area (Å²) in [5.74, 6) is 0. The van der Waals surface area contributed by atoms with Crippen LogP contribution in [0.5, 0.6) is 0 Å². The summed E-state index contributed by atoms with van der Waals surface area (Å²) in [6.45, 7) is 0.149. The molecule has 5 nitrogen and oxygen atoms in total. The van der Waals surface area contributed by atoms with Crippen LogP contribution in [-0.4, -0.2) is 20.0 Å². The molecule has 0 spiro atoms. The smallest absolute Gasteiger partial charge is 0.237 e. The molecule has 0 amide bonds. The van der Waals surface area contributed by atoms with Gasteiger partial charge in [-0.15, -0.1) is 0 Å². The van der Waals surface area contributed by atoms with Crippen molar-refractivity contribution in [1.82, 2.24) is 5.43 Å². The van der Waals surface area contributed by atoms with Gasteiger partial charge in [0.1, 0.15) is 6.54 Å². The van der Waals surface area contributed by atoms with Gasteiger partial charge in [-0.1, -0.05) is 5.22 Å². The first-order valence-corrected chi connectivity index (χ1v) is 2.96. The fourth-order valence-electron chi connectivity index (χ4n) is 0.316. The van der Waals surface area contributed by atoms with Crippen LogP contribution in [0.1, 0.15) is 0 Å². The Morgan fingerprint density at radius 2 is 2.38 bits per heavy atom. The molecular weight excluding hydrogens is 130 g/mol. The molecule has 1 N–H and O–H groups in total. The highest BCUT2D eigenvalue weighted by Crippen LogP contribution is 1.82. The molecule has 1 rings (SSSR count). The van der Waals surface area contributed by atoms with Crippen LogP contribution in [0.4, 0.5) is 0 Å². The van der Waals surface area contributed by atoms with Gasteiger partial charge < -0.3 is 0 Å². The largest absolute Gasteiger partial charge is 0.247 e. The van der Waals surface area contributed by atoms with Crippen molar-refractivity contribution < 1.29 is 8.42 Å². The Hall–Kier alpha value is -0.910. The summed E-state index contributed by atoms with van der Waals surface area (Å²) in [5, 5.41) is 6.60. The molecule has 0 atom stereocenters.